The van der Waals surface area contributed by atoms with Crippen molar-refractivity contribution in [2.24, 2.45) is 0 Å². The van der Waals surface area contributed by atoms with Crippen LogP contribution in [0.5, 0.6) is 11.6 Å². The van der Waals surface area contributed by atoms with E-state index in [4.69, 9.17) is 16.3 Å². The number of halogens is 4. The number of benzene rings is 1. The first-order valence-corrected chi connectivity index (χ1v) is 5.67. The van der Waals surface area contributed by atoms with E-state index < -0.39 is 33.4 Å². The van der Waals surface area contributed by atoms with Crippen LogP contribution in [-0.2, 0) is 6.18 Å². The van der Waals surface area contributed by atoms with Gasteiger partial charge in [-0.1, -0.05) is 17.7 Å². The van der Waals surface area contributed by atoms with Crippen LogP contribution in [0.4, 0.5) is 18.9 Å². The van der Waals surface area contributed by atoms with Crippen LogP contribution in [0.15, 0.2) is 30.6 Å². The van der Waals surface area contributed by atoms with Crippen LogP contribution in [0.25, 0.3) is 0 Å². The van der Waals surface area contributed by atoms with Gasteiger partial charge in [0.05, 0.1) is 10.5 Å². The third kappa shape index (κ3) is 3.37. The fourth-order valence-electron chi connectivity index (χ4n) is 1.42. The van der Waals surface area contributed by atoms with E-state index in [0.717, 1.165) is 18.5 Å². The lowest BCUT2D eigenvalue weighted by Gasteiger charge is -2.09. The Morgan fingerprint density at radius 3 is 2.62 bits per heavy atom. The summed E-state index contributed by atoms with van der Waals surface area (Å²) in [5.74, 6) is -0.804. The number of aromatic nitrogens is 2. The zero-order valence-electron chi connectivity index (χ0n) is 9.96. The summed E-state index contributed by atoms with van der Waals surface area (Å²) in [6.45, 7) is 0. The average Bonchev–Trinajstić information content (AvgIpc) is 2.37. The van der Waals surface area contributed by atoms with E-state index in [-0.39, 0.29) is 5.75 Å². The molecule has 1 aromatic carbocycles. The number of nitro groups is 1. The van der Waals surface area contributed by atoms with Crippen molar-refractivity contribution in [1.29, 1.82) is 0 Å². The van der Waals surface area contributed by atoms with Gasteiger partial charge in [0.1, 0.15) is 12.1 Å². The van der Waals surface area contributed by atoms with Crippen molar-refractivity contribution in [2.45, 2.75) is 6.18 Å². The highest BCUT2D eigenvalue weighted by atomic mass is 35.5. The van der Waals surface area contributed by atoms with E-state index in [1.165, 1.54) is 6.07 Å². The summed E-state index contributed by atoms with van der Waals surface area (Å²) in [6.07, 6.45) is -3.66. The Morgan fingerprint density at radius 1 is 1.29 bits per heavy atom. The first kappa shape index (κ1) is 15.0. The van der Waals surface area contributed by atoms with E-state index in [1.807, 2.05) is 0 Å². The maximum atomic E-state index is 12.6. The van der Waals surface area contributed by atoms with Crippen LogP contribution in [0.3, 0.4) is 0 Å². The van der Waals surface area contributed by atoms with Crippen LogP contribution >= 0.6 is 11.6 Å². The molecule has 0 spiro atoms. The molecule has 1 aromatic heterocycles. The molecule has 0 aliphatic rings. The number of ether oxygens (including phenoxy) is 1. The van der Waals surface area contributed by atoms with Crippen molar-refractivity contribution >= 4 is 17.3 Å². The Kier molecular flexibility index (Phi) is 3.94. The smallest absolute Gasteiger partial charge is 0.416 e. The highest BCUT2D eigenvalue weighted by molar-refractivity contribution is 6.31. The van der Waals surface area contributed by atoms with Crippen LogP contribution in [-0.4, -0.2) is 14.9 Å². The molecule has 2 aromatic rings. The molecule has 0 unspecified atom stereocenters. The van der Waals surface area contributed by atoms with Crippen molar-refractivity contribution < 1.29 is 22.8 Å². The molecule has 0 aliphatic carbocycles. The van der Waals surface area contributed by atoms with Crippen molar-refractivity contribution in [3.63, 3.8) is 0 Å². The highest BCUT2D eigenvalue weighted by Crippen LogP contribution is 2.36. The number of alkyl halides is 3. The van der Waals surface area contributed by atoms with Crippen LogP contribution in [0.1, 0.15) is 5.56 Å². The van der Waals surface area contributed by atoms with Gasteiger partial charge in [0, 0.05) is 0 Å². The molecule has 0 aliphatic heterocycles. The highest BCUT2D eigenvalue weighted by Gasteiger charge is 2.31. The Hall–Kier alpha value is -2.42. The molecule has 0 bridgehead atoms. The fourth-order valence-corrected chi connectivity index (χ4v) is 1.61. The van der Waals surface area contributed by atoms with Crippen molar-refractivity contribution in [2.75, 3.05) is 0 Å². The average molecular weight is 320 g/mol. The quantitative estimate of drug-likeness (QED) is 0.488. The van der Waals surface area contributed by atoms with Gasteiger partial charge in [-0.15, -0.1) is 0 Å². The van der Waals surface area contributed by atoms with Gasteiger partial charge < -0.3 is 4.74 Å². The van der Waals surface area contributed by atoms with Crippen LogP contribution in [0.2, 0.25) is 5.15 Å². The maximum absolute atomic E-state index is 12.6. The summed E-state index contributed by atoms with van der Waals surface area (Å²) in [6, 6.07) is 3.84. The van der Waals surface area contributed by atoms with Crippen molar-refractivity contribution in [3.8, 4) is 11.6 Å². The Labute approximate surface area is 120 Å². The Morgan fingerprint density at radius 2 is 2.00 bits per heavy atom. The van der Waals surface area contributed by atoms with Gasteiger partial charge in [0.25, 0.3) is 0 Å². The molecule has 21 heavy (non-hydrogen) atoms. The second-order valence-corrected chi connectivity index (χ2v) is 4.06. The zero-order chi connectivity index (χ0) is 15.6. The van der Waals surface area contributed by atoms with Gasteiger partial charge in [-0.25, -0.2) is 4.98 Å². The standard InChI is InChI=1S/C11H5ClF3N3O3/c12-9-8(18(19)20)10(17-5-16-9)21-7-3-1-2-6(4-7)11(13,14)15/h1-5H. The third-order valence-electron chi connectivity index (χ3n) is 2.30. The summed E-state index contributed by atoms with van der Waals surface area (Å²) in [7, 11) is 0. The lowest BCUT2D eigenvalue weighted by atomic mass is 10.2. The lowest BCUT2D eigenvalue weighted by Crippen LogP contribution is -2.05. The zero-order valence-corrected chi connectivity index (χ0v) is 10.7. The van der Waals surface area contributed by atoms with Gasteiger partial charge in [-0.05, 0) is 18.2 Å². The first-order valence-electron chi connectivity index (χ1n) is 5.29. The lowest BCUT2D eigenvalue weighted by molar-refractivity contribution is -0.386. The molecule has 0 atom stereocenters. The normalized spacial score (nSPS) is 11.2. The summed E-state index contributed by atoms with van der Waals surface area (Å²) in [4.78, 5) is 16.9. The van der Waals surface area contributed by atoms with Gasteiger partial charge >= 0.3 is 17.7 Å². The van der Waals surface area contributed by atoms with Gasteiger partial charge in [0.2, 0.25) is 5.15 Å². The minimum Gasteiger partial charge on any atom is -0.434 e. The summed E-state index contributed by atoms with van der Waals surface area (Å²) < 4.78 is 42.7. The molecule has 10 heteroatoms. The molecule has 0 N–H and O–H groups in total. The van der Waals surface area contributed by atoms with E-state index in [9.17, 15) is 23.3 Å². The topological polar surface area (TPSA) is 78.2 Å². The molecule has 0 saturated carbocycles. The number of hydrogen-bond acceptors (Lipinski definition) is 5. The van der Waals surface area contributed by atoms with Gasteiger partial charge in [0.15, 0.2) is 0 Å². The Bertz CT molecular complexity index is 694. The maximum Gasteiger partial charge on any atom is 0.416 e. The monoisotopic (exact) mass is 319 g/mol. The molecular formula is C11H5ClF3N3O3. The SMILES string of the molecule is O=[N+]([O-])c1c(Cl)ncnc1Oc1cccc(C(F)(F)F)c1. The third-order valence-corrected chi connectivity index (χ3v) is 2.58. The fraction of sp³-hybridized carbons (Fsp3) is 0.0909. The molecule has 2 rings (SSSR count). The molecule has 110 valence electrons. The summed E-state index contributed by atoms with van der Waals surface area (Å²) >= 11 is 5.54. The number of nitrogens with zero attached hydrogens (tertiary/aromatic N) is 3. The first-order chi connectivity index (χ1) is 9.79. The summed E-state index contributed by atoms with van der Waals surface area (Å²) in [5, 5.41) is 10.4. The van der Waals surface area contributed by atoms with Crippen molar-refractivity contribution in [1.82, 2.24) is 9.97 Å². The second-order valence-electron chi connectivity index (χ2n) is 3.70. The molecule has 6 nitrogen and oxygen atoms in total. The number of rotatable bonds is 3. The number of hydrogen-bond donors (Lipinski definition) is 0. The minimum atomic E-state index is -4.56. The van der Waals surface area contributed by atoms with E-state index in [1.54, 1.807) is 0 Å². The predicted octanol–water partition coefficient (Wildman–Crippen LogP) is 3.85. The molecule has 0 saturated heterocycles. The second kappa shape index (κ2) is 5.52. The van der Waals surface area contributed by atoms with Crippen LogP contribution < -0.4 is 4.74 Å². The van der Waals surface area contributed by atoms with Crippen molar-refractivity contribution in [3.05, 3.63) is 51.4 Å². The van der Waals surface area contributed by atoms with E-state index in [2.05, 4.69) is 9.97 Å². The molecule has 0 radical (unpaired) electrons. The molecule has 0 amide bonds. The molecular weight excluding hydrogens is 315 g/mol. The minimum absolute atomic E-state index is 0.261. The van der Waals surface area contributed by atoms with E-state index >= 15 is 0 Å². The van der Waals surface area contributed by atoms with Crippen LogP contribution in [0, 0.1) is 10.1 Å². The van der Waals surface area contributed by atoms with Gasteiger partial charge in [-0.3, -0.25) is 10.1 Å². The molecule has 1 heterocycles. The largest absolute Gasteiger partial charge is 0.434 e. The molecule has 0 fully saturated rings. The predicted molar refractivity (Wildman–Crippen MR) is 65.2 cm³/mol. The van der Waals surface area contributed by atoms with Gasteiger partial charge in [-0.2, -0.15) is 18.2 Å². The Balaban J connectivity index is 2.40. The van der Waals surface area contributed by atoms with E-state index in [0.29, 0.717) is 6.07 Å². The summed E-state index contributed by atoms with van der Waals surface area (Å²) in [5.41, 5.74) is -1.68.